The number of ether oxygens (including phenoxy) is 1. The Balaban J connectivity index is 1.41. The summed E-state index contributed by atoms with van der Waals surface area (Å²) in [5.41, 5.74) is 3.29. The number of aryl methyl sites for hydroxylation is 1. The molecule has 1 amide bonds. The standard InChI is InChI=1S/C25H20N2O4/c1-17-23(27-24(31-17)19-12-6-3-7-13-19)25(29)30-16-22(28)26-21-15-9-8-14-20(21)18-10-4-2-5-11-18/h2-15H,16H2,1H3,(H,26,28). The predicted octanol–water partition coefficient (Wildman–Crippen LogP) is 5.11. The van der Waals surface area contributed by atoms with E-state index in [1.807, 2.05) is 78.9 Å². The van der Waals surface area contributed by atoms with Gasteiger partial charge in [-0.15, -0.1) is 0 Å². The first-order valence-corrected chi connectivity index (χ1v) is 9.76. The molecule has 6 nitrogen and oxygen atoms in total. The van der Waals surface area contributed by atoms with Crippen molar-refractivity contribution in [3.8, 4) is 22.6 Å². The predicted molar refractivity (Wildman–Crippen MR) is 117 cm³/mol. The molecule has 31 heavy (non-hydrogen) atoms. The fraction of sp³-hybridized carbons (Fsp3) is 0.0800. The third kappa shape index (κ3) is 4.70. The van der Waals surface area contributed by atoms with Crippen LogP contribution in [0.2, 0.25) is 0 Å². The zero-order chi connectivity index (χ0) is 21.6. The summed E-state index contributed by atoms with van der Waals surface area (Å²) in [6.07, 6.45) is 0. The van der Waals surface area contributed by atoms with Crippen molar-refractivity contribution >= 4 is 17.6 Å². The highest BCUT2D eigenvalue weighted by Gasteiger charge is 2.20. The van der Waals surface area contributed by atoms with Gasteiger partial charge < -0.3 is 14.5 Å². The van der Waals surface area contributed by atoms with Crippen molar-refractivity contribution in [2.24, 2.45) is 0 Å². The Kier molecular flexibility index (Phi) is 5.89. The van der Waals surface area contributed by atoms with Crippen molar-refractivity contribution in [1.29, 1.82) is 0 Å². The van der Waals surface area contributed by atoms with Crippen LogP contribution in [-0.2, 0) is 9.53 Å². The second kappa shape index (κ2) is 9.09. The Bertz CT molecular complexity index is 1200. The van der Waals surface area contributed by atoms with Gasteiger partial charge in [0.15, 0.2) is 12.3 Å². The first kappa shape index (κ1) is 20.1. The molecule has 0 spiro atoms. The molecule has 0 aliphatic rings. The van der Waals surface area contributed by atoms with Crippen LogP contribution in [0.1, 0.15) is 16.2 Å². The Morgan fingerprint density at radius 1 is 0.871 bits per heavy atom. The van der Waals surface area contributed by atoms with Crippen LogP contribution < -0.4 is 5.32 Å². The molecule has 4 rings (SSSR count). The minimum Gasteiger partial charge on any atom is -0.451 e. The number of carbonyl (C=O) groups excluding carboxylic acids is 2. The van der Waals surface area contributed by atoms with E-state index in [2.05, 4.69) is 10.3 Å². The molecule has 0 aliphatic heterocycles. The van der Waals surface area contributed by atoms with Gasteiger partial charge in [0.25, 0.3) is 5.91 Å². The van der Waals surface area contributed by atoms with E-state index < -0.39 is 18.5 Å². The van der Waals surface area contributed by atoms with Gasteiger partial charge in [0.05, 0.1) is 0 Å². The van der Waals surface area contributed by atoms with Crippen LogP contribution in [0.25, 0.3) is 22.6 Å². The van der Waals surface area contributed by atoms with Gasteiger partial charge in [-0.2, -0.15) is 0 Å². The van der Waals surface area contributed by atoms with Gasteiger partial charge in [0.2, 0.25) is 5.89 Å². The van der Waals surface area contributed by atoms with Gasteiger partial charge >= 0.3 is 5.97 Å². The molecule has 0 unspecified atom stereocenters. The molecule has 0 aliphatic carbocycles. The SMILES string of the molecule is Cc1oc(-c2ccccc2)nc1C(=O)OCC(=O)Nc1ccccc1-c1ccccc1. The van der Waals surface area contributed by atoms with Crippen molar-refractivity contribution in [2.75, 3.05) is 11.9 Å². The highest BCUT2D eigenvalue weighted by molar-refractivity contribution is 5.98. The molecule has 4 aromatic rings. The molecular formula is C25H20N2O4. The number of aromatic nitrogens is 1. The van der Waals surface area contributed by atoms with Crippen LogP contribution in [0, 0.1) is 6.92 Å². The second-order valence-electron chi connectivity index (χ2n) is 6.83. The lowest BCUT2D eigenvalue weighted by Crippen LogP contribution is -2.21. The zero-order valence-corrected chi connectivity index (χ0v) is 16.9. The molecule has 6 heteroatoms. The number of esters is 1. The first-order chi connectivity index (χ1) is 15.1. The first-order valence-electron chi connectivity index (χ1n) is 9.76. The van der Waals surface area contributed by atoms with Gasteiger partial charge in [-0.25, -0.2) is 9.78 Å². The van der Waals surface area contributed by atoms with E-state index in [4.69, 9.17) is 9.15 Å². The van der Waals surface area contributed by atoms with Crippen molar-refractivity contribution in [3.63, 3.8) is 0 Å². The maximum atomic E-state index is 12.4. The molecule has 1 N–H and O–H groups in total. The number of nitrogens with zero attached hydrogens (tertiary/aromatic N) is 1. The summed E-state index contributed by atoms with van der Waals surface area (Å²) in [4.78, 5) is 29.1. The van der Waals surface area contributed by atoms with Crippen LogP contribution in [-0.4, -0.2) is 23.5 Å². The average Bonchev–Trinajstić information content (AvgIpc) is 3.21. The molecule has 3 aromatic carbocycles. The highest BCUT2D eigenvalue weighted by atomic mass is 16.5. The molecular weight excluding hydrogens is 392 g/mol. The summed E-state index contributed by atoms with van der Waals surface area (Å²) in [5, 5.41) is 2.80. The number of hydrogen-bond donors (Lipinski definition) is 1. The van der Waals surface area contributed by atoms with Crippen molar-refractivity contribution < 1.29 is 18.7 Å². The molecule has 0 saturated heterocycles. The van der Waals surface area contributed by atoms with E-state index in [1.165, 1.54) is 0 Å². The minimum atomic E-state index is -0.713. The number of rotatable bonds is 6. The summed E-state index contributed by atoms with van der Waals surface area (Å²) in [6, 6.07) is 26.4. The molecule has 1 heterocycles. The summed E-state index contributed by atoms with van der Waals surface area (Å²) in [7, 11) is 0. The van der Waals surface area contributed by atoms with E-state index >= 15 is 0 Å². The molecule has 0 bridgehead atoms. The number of benzene rings is 3. The maximum absolute atomic E-state index is 12.4. The summed E-state index contributed by atoms with van der Waals surface area (Å²) < 4.78 is 10.7. The number of carbonyl (C=O) groups is 2. The van der Waals surface area contributed by atoms with Crippen molar-refractivity contribution in [1.82, 2.24) is 4.98 Å². The Morgan fingerprint density at radius 3 is 2.19 bits per heavy atom. The van der Waals surface area contributed by atoms with Crippen LogP contribution in [0.3, 0.4) is 0 Å². The Morgan fingerprint density at radius 2 is 1.48 bits per heavy atom. The lowest BCUT2D eigenvalue weighted by molar-refractivity contribution is -0.119. The highest BCUT2D eigenvalue weighted by Crippen LogP contribution is 2.27. The smallest absolute Gasteiger partial charge is 0.361 e. The molecule has 0 fully saturated rings. The lowest BCUT2D eigenvalue weighted by atomic mass is 10.0. The maximum Gasteiger partial charge on any atom is 0.361 e. The fourth-order valence-corrected chi connectivity index (χ4v) is 3.14. The Hall–Kier alpha value is -4.19. The van der Waals surface area contributed by atoms with Gasteiger partial charge in [-0.1, -0.05) is 66.7 Å². The van der Waals surface area contributed by atoms with Gasteiger partial charge in [-0.3, -0.25) is 4.79 Å². The van der Waals surface area contributed by atoms with Crippen molar-refractivity contribution in [2.45, 2.75) is 6.92 Å². The molecule has 0 saturated carbocycles. The monoisotopic (exact) mass is 412 g/mol. The van der Waals surface area contributed by atoms with Crippen LogP contribution >= 0.6 is 0 Å². The molecule has 0 atom stereocenters. The number of nitrogens with one attached hydrogen (secondary N) is 1. The van der Waals surface area contributed by atoms with E-state index in [0.29, 0.717) is 17.3 Å². The summed E-state index contributed by atoms with van der Waals surface area (Å²) >= 11 is 0. The topological polar surface area (TPSA) is 81.4 Å². The molecule has 154 valence electrons. The van der Waals surface area contributed by atoms with Gasteiger partial charge in [0, 0.05) is 16.8 Å². The van der Waals surface area contributed by atoms with Gasteiger partial charge in [-0.05, 0) is 30.7 Å². The number of anilines is 1. The molecule has 1 aromatic heterocycles. The van der Waals surface area contributed by atoms with E-state index in [1.54, 1.807) is 13.0 Å². The normalized spacial score (nSPS) is 10.5. The molecule has 0 radical (unpaired) electrons. The van der Waals surface area contributed by atoms with Gasteiger partial charge in [0.1, 0.15) is 5.76 Å². The van der Waals surface area contributed by atoms with E-state index in [0.717, 1.165) is 16.7 Å². The number of hydrogen-bond acceptors (Lipinski definition) is 5. The van der Waals surface area contributed by atoms with Crippen LogP contribution in [0.4, 0.5) is 5.69 Å². The number of oxazole rings is 1. The fourth-order valence-electron chi connectivity index (χ4n) is 3.14. The quantitative estimate of drug-likeness (QED) is 0.445. The lowest BCUT2D eigenvalue weighted by Gasteiger charge is -2.11. The second-order valence-corrected chi connectivity index (χ2v) is 6.83. The number of para-hydroxylation sites is 1. The van der Waals surface area contributed by atoms with E-state index in [-0.39, 0.29) is 5.69 Å². The third-order valence-corrected chi connectivity index (χ3v) is 4.63. The largest absolute Gasteiger partial charge is 0.451 e. The van der Waals surface area contributed by atoms with E-state index in [9.17, 15) is 9.59 Å². The summed E-state index contributed by atoms with van der Waals surface area (Å²) in [6.45, 7) is 1.20. The minimum absolute atomic E-state index is 0.0522. The third-order valence-electron chi connectivity index (χ3n) is 4.63. The van der Waals surface area contributed by atoms with Crippen LogP contribution in [0.5, 0.6) is 0 Å². The Labute approximate surface area is 179 Å². The summed E-state index contributed by atoms with van der Waals surface area (Å²) in [5.74, 6) is -0.499. The van der Waals surface area contributed by atoms with Crippen molar-refractivity contribution in [3.05, 3.63) is 96.4 Å². The number of amides is 1. The zero-order valence-electron chi connectivity index (χ0n) is 16.9. The van der Waals surface area contributed by atoms with Crippen LogP contribution in [0.15, 0.2) is 89.3 Å². The average molecular weight is 412 g/mol.